The van der Waals surface area contributed by atoms with Crippen molar-refractivity contribution in [1.29, 1.82) is 0 Å². The molecule has 2 heterocycles. The number of halogens is 1. The van der Waals surface area contributed by atoms with Crippen molar-refractivity contribution in [2.24, 2.45) is 0 Å². The first kappa shape index (κ1) is 12.8. The molecule has 100 valence electrons. The summed E-state index contributed by atoms with van der Waals surface area (Å²) in [7, 11) is 0. The second kappa shape index (κ2) is 5.07. The Balaban J connectivity index is 1.93. The van der Waals surface area contributed by atoms with Gasteiger partial charge in [-0.05, 0) is 24.3 Å². The number of aromatic nitrogens is 2. The molecule has 0 saturated heterocycles. The molecule has 0 atom stereocenters. The molecule has 0 spiro atoms. The van der Waals surface area contributed by atoms with Gasteiger partial charge >= 0.3 is 0 Å². The molecule has 0 radical (unpaired) electrons. The van der Waals surface area contributed by atoms with E-state index in [0.29, 0.717) is 15.5 Å². The number of benzene rings is 1. The molecule has 0 aliphatic heterocycles. The summed E-state index contributed by atoms with van der Waals surface area (Å²) >= 11 is 7.11. The molecule has 0 aliphatic carbocycles. The first-order valence-electron chi connectivity index (χ1n) is 5.67. The molecule has 5 nitrogen and oxygen atoms in total. The first-order valence-corrected chi connectivity index (χ1v) is 6.93. The molecule has 7 heteroatoms. The SMILES string of the molecule is O=C(Nc1cnc2sccn2c1=O)c1ccc(Cl)cc1. The van der Waals surface area contributed by atoms with Crippen LogP contribution in [0, 0.1) is 0 Å². The highest BCUT2D eigenvalue weighted by molar-refractivity contribution is 7.15. The van der Waals surface area contributed by atoms with E-state index in [9.17, 15) is 9.59 Å². The van der Waals surface area contributed by atoms with Crippen LogP contribution in [0.25, 0.3) is 4.96 Å². The van der Waals surface area contributed by atoms with Crippen molar-refractivity contribution in [3.05, 3.63) is 63.0 Å². The summed E-state index contributed by atoms with van der Waals surface area (Å²) in [5, 5.41) is 4.86. The van der Waals surface area contributed by atoms with Crippen molar-refractivity contribution in [3.63, 3.8) is 0 Å². The molecule has 0 unspecified atom stereocenters. The summed E-state index contributed by atoms with van der Waals surface area (Å²) in [6, 6.07) is 6.41. The van der Waals surface area contributed by atoms with Crippen LogP contribution >= 0.6 is 22.9 Å². The standard InChI is InChI=1S/C13H8ClN3O2S/c14-9-3-1-8(2-4-9)11(18)16-10-7-15-13-17(12(10)19)5-6-20-13/h1-7H,(H,16,18). The third kappa shape index (κ3) is 2.31. The first-order chi connectivity index (χ1) is 9.65. The number of rotatable bonds is 2. The normalized spacial score (nSPS) is 10.7. The van der Waals surface area contributed by atoms with Gasteiger partial charge in [-0.3, -0.25) is 14.0 Å². The molecule has 0 fully saturated rings. The van der Waals surface area contributed by atoms with Crippen molar-refractivity contribution < 1.29 is 4.79 Å². The van der Waals surface area contributed by atoms with Crippen LogP contribution < -0.4 is 10.9 Å². The second-order valence-electron chi connectivity index (χ2n) is 3.99. The van der Waals surface area contributed by atoms with Crippen molar-refractivity contribution in [2.45, 2.75) is 0 Å². The number of nitrogens with zero attached hydrogens (tertiary/aromatic N) is 2. The summed E-state index contributed by atoms with van der Waals surface area (Å²) in [4.78, 5) is 28.8. The molecule has 0 aliphatic rings. The van der Waals surface area contributed by atoms with Crippen LogP contribution in [0.5, 0.6) is 0 Å². The monoisotopic (exact) mass is 305 g/mol. The number of nitrogens with one attached hydrogen (secondary N) is 1. The molecule has 1 aromatic carbocycles. The van der Waals surface area contributed by atoms with Gasteiger partial charge in [-0.2, -0.15) is 0 Å². The predicted molar refractivity (Wildman–Crippen MR) is 78.7 cm³/mol. The predicted octanol–water partition coefficient (Wildman–Crippen LogP) is 2.66. The molecule has 3 aromatic rings. The molecule has 0 saturated carbocycles. The lowest BCUT2D eigenvalue weighted by Gasteiger charge is -2.04. The molecular formula is C13H8ClN3O2S. The number of carbonyl (C=O) groups is 1. The smallest absolute Gasteiger partial charge is 0.282 e. The van der Waals surface area contributed by atoms with Crippen LogP contribution in [0.4, 0.5) is 5.69 Å². The number of carbonyl (C=O) groups excluding carboxylic acids is 1. The molecule has 2 aromatic heterocycles. The van der Waals surface area contributed by atoms with Crippen LogP contribution in [0.2, 0.25) is 5.02 Å². The number of fused-ring (bicyclic) bond motifs is 1. The van der Waals surface area contributed by atoms with Gasteiger partial charge in [-0.15, -0.1) is 11.3 Å². The Morgan fingerprint density at radius 3 is 2.80 bits per heavy atom. The molecule has 20 heavy (non-hydrogen) atoms. The highest BCUT2D eigenvalue weighted by Gasteiger charge is 2.10. The van der Waals surface area contributed by atoms with Gasteiger partial charge in [-0.25, -0.2) is 4.98 Å². The lowest BCUT2D eigenvalue weighted by molar-refractivity contribution is 0.102. The molecular weight excluding hydrogens is 298 g/mol. The third-order valence-corrected chi connectivity index (χ3v) is 3.72. The maximum Gasteiger partial charge on any atom is 0.282 e. The van der Waals surface area contributed by atoms with Gasteiger partial charge in [0.15, 0.2) is 4.96 Å². The Morgan fingerprint density at radius 2 is 2.05 bits per heavy atom. The van der Waals surface area contributed by atoms with E-state index in [1.54, 1.807) is 35.8 Å². The van der Waals surface area contributed by atoms with Gasteiger partial charge in [0.1, 0.15) is 5.69 Å². The fourth-order valence-electron chi connectivity index (χ4n) is 1.71. The fourth-order valence-corrected chi connectivity index (χ4v) is 2.51. The van der Waals surface area contributed by atoms with E-state index >= 15 is 0 Å². The van der Waals surface area contributed by atoms with Crippen LogP contribution in [0.3, 0.4) is 0 Å². The van der Waals surface area contributed by atoms with E-state index in [1.165, 1.54) is 21.9 Å². The zero-order chi connectivity index (χ0) is 14.1. The average molecular weight is 306 g/mol. The summed E-state index contributed by atoms with van der Waals surface area (Å²) in [5.41, 5.74) is 0.253. The molecule has 0 bridgehead atoms. The zero-order valence-corrected chi connectivity index (χ0v) is 11.6. The van der Waals surface area contributed by atoms with E-state index in [1.807, 2.05) is 0 Å². The Morgan fingerprint density at radius 1 is 1.30 bits per heavy atom. The number of amides is 1. The number of anilines is 1. The van der Waals surface area contributed by atoms with E-state index in [-0.39, 0.29) is 17.2 Å². The highest BCUT2D eigenvalue weighted by Crippen LogP contribution is 2.12. The maximum absolute atomic E-state index is 12.1. The van der Waals surface area contributed by atoms with Gasteiger partial charge < -0.3 is 5.32 Å². The van der Waals surface area contributed by atoms with Crippen LogP contribution in [-0.4, -0.2) is 15.3 Å². The third-order valence-electron chi connectivity index (χ3n) is 2.70. The second-order valence-corrected chi connectivity index (χ2v) is 5.30. The summed E-state index contributed by atoms with van der Waals surface area (Å²) in [6.07, 6.45) is 2.98. The number of hydrogen-bond acceptors (Lipinski definition) is 4. The summed E-state index contributed by atoms with van der Waals surface area (Å²) < 4.78 is 1.39. The number of hydrogen-bond donors (Lipinski definition) is 1. The average Bonchev–Trinajstić information content (AvgIpc) is 2.92. The lowest BCUT2D eigenvalue weighted by atomic mass is 10.2. The van der Waals surface area contributed by atoms with E-state index in [2.05, 4.69) is 10.3 Å². The minimum Gasteiger partial charge on any atom is -0.316 e. The van der Waals surface area contributed by atoms with Gasteiger partial charge in [0.05, 0.1) is 6.20 Å². The summed E-state index contributed by atoms with van der Waals surface area (Å²) in [6.45, 7) is 0. The van der Waals surface area contributed by atoms with Gasteiger partial charge in [-0.1, -0.05) is 11.6 Å². The number of thiazole rings is 1. The molecule has 3 rings (SSSR count). The zero-order valence-electron chi connectivity index (χ0n) is 10.0. The quantitative estimate of drug-likeness (QED) is 0.791. The Hall–Kier alpha value is -2.18. The van der Waals surface area contributed by atoms with Crippen molar-refractivity contribution in [1.82, 2.24) is 9.38 Å². The largest absolute Gasteiger partial charge is 0.316 e. The molecule has 1 amide bonds. The van der Waals surface area contributed by atoms with Crippen LogP contribution in [-0.2, 0) is 0 Å². The van der Waals surface area contributed by atoms with Gasteiger partial charge in [0, 0.05) is 22.2 Å². The Bertz CT molecular complexity index is 839. The van der Waals surface area contributed by atoms with Crippen molar-refractivity contribution in [3.8, 4) is 0 Å². The van der Waals surface area contributed by atoms with Crippen LogP contribution in [0.1, 0.15) is 10.4 Å². The Labute approximate surface area is 122 Å². The van der Waals surface area contributed by atoms with Crippen molar-refractivity contribution in [2.75, 3.05) is 5.32 Å². The van der Waals surface area contributed by atoms with Crippen molar-refractivity contribution >= 4 is 39.5 Å². The summed E-state index contributed by atoms with van der Waals surface area (Å²) in [5.74, 6) is -0.379. The maximum atomic E-state index is 12.1. The highest BCUT2D eigenvalue weighted by atomic mass is 35.5. The minimum atomic E-state index is -0.379. The molecule has 1 N–H and O–H groups in total. The fraction of sp³-hybridized carbons (Fsp3) is 0. The van der Waals surface area contributed by atoms with Gasteiger partial charge in [0.25, 0.3) is 11.5 Å². The van der Waals surface area contributed by atoms with E-state index < -0.39 is 0 Å². The van der Waals surface area contributed by atoms with Crippen LogP contribution in [0.15, 0.2) is 46.8 Å². The Kier molecular flexibility index (Phi) is 3.25. The topological polar surface area (TPSA) is 63.5 Å². The van der Waals surface area contributed by atoms with Gasteiger partial charge in [0.2, 0.25) is 0 Å². The minimum absolute atomic E-state index is 0.140. The lowest BCUT2D eigenvalue weighted by Crippen LogP contribution is -2.22. The van der Waals surface area contributed by atoms with E-state index in [0.717, 1.165) is 0 Å². The van der Waals surface area contributed by atoms with E-state index in [4.69, 9.17) is 11.6 Å².